The first-order chi connectivity index (χ1) is 12.5. The Morgan fingerprint density at radius 3 is 1.96 bits per heavy atom. The topological polar surface area (TPSA) is 112 Å². The number of benzene rings is 2. The summed E-state index contributed by atoms with van der Waals surface area (Å²) < 4.78 is 0. The highest BCUT2D eigenvalue weighted by Gasteiger charge is 2.25. The van der Waals surface area contributed by atoms with Crippen LogP contribution in [0.4, 0.5) is 5.69 Å². The summed E-state index contributed by atoms with van der Waals surface area (Å²) in [6.07, 6.45) is 2.24. The molecule has 8 heteroatoms. The van der Waals surface area contributed by atoms with E-state index >= 15 is 0 Å². The van der Waals surface area contributed by atoms with E-state index in [1.807, 2.05) is 0 Å². The summed E-state index contributed by atoms with van der Waals surface area (Å²) in [7, 11) is 0. The molecule has 0 atom stereocenters. The van der Waals surface area contributed by atoms with Crippen LogP contribution in [0.15, 0.2) is 48.5 Å². The maximum Gasteiger partial charge on any atom is 0.154 e. The van der Waals surface area contributed by atoms with Crippen LogP contribution in [0.5, 0.6) is 17.2 Å². The van der Waals surface area contributed by atoms with Crippen molar-refractivity contribution in [1.82, 2.24) is 5.23 Å². The van der Waals surface area contributed by atoms with Crippen LogP contribution >= 0.6 is 0 Å². The molecule has 0 aliphatic heterocycles. The zero-order valence-corrected chi connectivity index (χ0v) is 14.0. The first-order valence-electron chi connectivity index (χ1n) is 8.38. The van der Waals surface area contributed by atoms with Crippen molar-refractivity contribution >= 4 is 5.69 Å². The molecule has 1 saturated carbocycles. The van der Waals surface area contributed by atoms with Crippen LogP contribution in [0.3, 0.4) is 0 Å². The Kier molecular flexibility index (Phi) is 5.79. The minimum absolute atomic E-state index is 0.171. The van der Waals surface area contributed by atoms with Gasteiger partial charge >= 0.3 is 0 Å². The molecule has 2 aromatic rings. The van der Waals surface area contributed by atoms with E-state index in [0.29, 0.717) is 36.7 Å². The maximum absolute atomic E-state index is 11.9. The summed E-state index contributed by atoms with van der Waals surface area (Å²) >= 11 is 0. The fourth-order valence-electron chi connectivity index (χ4n) is 2.74. The van der Waals surface area contributed by atoms with Gasteiger partial charge in [0.2, 0.25) is 0 Å². The van der Waals surface area contributed by atoms with Gasteiger partial charge in [0.15, 0.2) is 11.5 Å². The minimum atomic E-state index is -0.309. The number of aliphatic hydroxyl groups excluding tert-OH is 1. The molecule has 2 aromatic carbocycles. The Hall–Kier alpha value is -2.52. The molecule has 26 heavy (non-hydrogen) atoms. The lowest BCUT2D eigenvalue weighted by atomic mass is 9.94. The van der Waals surface area contributed by atoms with Gasteiger partial charge in [-0.05, 0) is 67.3 Å². The van der Waals surface area contributed by atoms with Gasteiger partial charge in [-0.25, -0.2) is 0 Å². The zero-order chi connectivity index (χ0) is 18.5. The van der Waals surface area contributed by atoms with Crippen LogP contribution in [0, 0.1) is 5.21 Å². The molecule has 0 radical (unpaired) electrons. The number of rotatable bonds is 6. The normalized spacial score (nSPS) is 20.0. The van der Waals surface area contributed by atoms with Crippen molar-refractivity contribution in [2.45, 2.75) is 37.8 Å². The van der Waals surface area contributed by atoms with Crippen molar-refractivity contribution in [2.75, 3.05) is 5.23 Å². The van der Waals surface area contributed by atoms with Crippen LogP contribution < -0.4 is 20.0 Å². The average molecular weight is 360 g/mol. The first-order valence-corrected chi connectivity index (χ1v) is 8.38. The van der Waals surface area contributed by atoms with E-state index in [-0.39, 0.29) is 29.3 Å². The number of nitrogens with zero attached hydrogens (tertiary/aromatic N) is 2. The van der Waals surface area contributed by atoms with Crippen molar-refractivity contribution in [3.8, 4) is 17.2 Å². The summed E-state index contributed by atoms with van der Waals surface area (Å²) in [6, 6.07) is 11.3. The van der Waals surface area contributed by atoms with Crippen molar-refractivity contribution in [3.05, 3.63) is 53.7 Å². The lowest BCUT2D eigenvalue weighted by Gasteiger charge is -2.30. The minimum Gasteiger partial charge on any atom is -0.872 e. The van der Waals surface area contributed by atoms with Crippen LogP contribution in [0.25, 0.3) is 0 Å². The molecule has 8 nitrogen and oxygen atoms in total. The molecule has 1 aliphatic rings. The van der Waals surface area contributed by atoms with Crippen LogP contribution in [-0.4, -0.2) is 27.7 Å². The summed E-state index contributed by atoms with van der Waals surface area (Å²) in [5, 5.41) is 43.6. The quantitative estimate of drug-likeness (QED) is 0.755. The summed E-state index contributed by atoms with van der Waals surface area (Å²) in [5.74, 6) is 0.479. The second-order valence-corrected chi connectivity index (χ2v) is 6.17. The third-order valence-electron chi connectivity index (χ3n) is 4.24. The van der Waals surface area contributed by atoms with E-state index < -0.39 is 0 Å². The molecule has 0 amide bonds. The van der Waals surface area contributed by atoms with Gasteiger partial charge in [-0.2, -0.15) is 0 Å². The first kappa shape index (κ1) is 18.3. The van der Waals surface area contributed by atoms with E-state index in [9.17, 15) is 20.6 Å². The molecule has 0 aromatic heterocycles. The highest BCUT2D eigenvalue weighted by Crippen LogP contribution is 2.25. The van der Waals surface area contributed by atoms with E-state index in [0.717, 1.165) is 5.23 Å². The number of hydrogen-bond acceptors (Lipinski definition) is 8. The van der Waals surface area contributed by atoms with Gasteiger partial charge in [0.1, 0.15) is 0 Å². The van der Waals surface area contributed by atoms with Crippen LogP contribution in [0.1, 0.15) is 25.7 Å². The van der Waals surface area contributed by atoms with Crippen molar-refractivity contribution in [3.63, 3.8) is 0 Å². The molecule has 2 N–H and O–H groups in total. The van der Waals surface area contributed by atoms with Crippen molar-refractivity contribution in [1.29, 1.82) is 0 Å². The molecule has 3 rings (SSSR count). The number of aliphatic hydroxyl groups is 1. The Labute approximate surface area is 150 Å². The highest BCUT2D eigenvalue weighted by atomic mass is 16.9. The fraction of sp³-hybridized carbons (Fsp3) is 0.333. The van der Waals surface area contributed by atoms with Gasteiger partial charge in [0, 0.05) is 0 Å². The Morgan fingerprint density at radius 1 is 0.846 bits per heavy atom. The summed E-state index contributed by atoms with van der Waals surface area (Å²) in [5.41, 5.74) is 0.200. The van der Waals surface area contributed by atoms with Gasteiger partial charge in [-0.1, -0.05) is 12.1 Å². The molecule has 0 heterocycles. The van der Waals surface area contributed by atoms with E-state index in [4.69, 9.17) is 9.68 Å². The average Bonchev–Trinajstić information content (AvgIpc) is 2.64. The standard InChI is InChI=1S/C18H21N2O6/c21-15-5-1-13(2-6-15)19(23)25-17-9-11-18(12-10-17)26-20(24)14-3-7-16(22)8-4-14/h1-2,5-6,9-12,14,16,21-22,24H,3-4,7-8H2/q-1/p-1. The lowest BCUT2D eigenvalue weighted by molar-refractivity contribution is -0.312. The molecular weight excluding hydrogens is 340 g/mol. The van der Waals surface area contributed by atoms with Crippen molar-refractivity contribution in [2.24, 2.45) is 0 Å². The smallest absolute Gasteiger partial charge is 0.154 e. The Balaban J connectivity index is 1.53. The molecular formula is C18H20N2O6-2. The summed E-state index contributed by atoms with van der Waals surface area (Å²) in [4.78, 5) is 10.5. The monoisotopic (exact) mass is 360 g/mol. The largest absolute Gasteiger partial charge is 0.872 e. The summed E-state index contributed by atoms with van der Waals surface area (Å²) in [6.45, 7) is 0. The predicted molar refractivity (Wildman–Crippen MR) is 91.3 cm³/mol. The number of hydrogen-bond donors (Lipinski definition) is 2. The molecule has 0 unspecified atom stereocenters. The van der Waals surface area contributed by atoms with Gasteiger partial charge in [0.25, 0.3) is 0 Å². The van der Waals surface area contributed by atoms with E-state index in [1.165, 1.54) is 36.4 Å². The van der Waals surface area contributed by atoms with Gasteiger partial charge in [-0.15, -0.1) is 5.75 Å². The highest BCUT2D eigenvalue weighted by molar-refractivity contribution is 5.48. The molecule has 1 aliphatic carbocycles. The number of hydroxylamine groups is 2. The van der Waals surface area contributed by atoms with Gasteiger partial charge in [-0.3, -0.25) is 10.4 Å². The molecule has 140 valence electrons. The Morgan fingerprint density at radius 2 is 1.38 bits per heavy atom. The third-order valence-corrected chi connectivity index (χ3v) is 4.24. The second-order valence-electron chi connectivity index (χ2n) is 6.17. The predicted octanol–water partition coefficient (Wildman–Crippen LogP) is 2.35. The van der Waals surface area contributed by atoms with E-state index in [2.05, 4.69) is 0 Å². The second kappa shape index (κ2) is 8.24. The van der Waals surface area contributed by atoms with Crippen LogP contribution in [0.2, 0.25) is 0 Å². The lowest BCUT2D eigenvalue weighted by Crippen LogP contribution is -2.38. The Bertz CT molecular complexity index is 686. The SMILES string of the molecule is [O-]c1ccc(N([O-])Oc2ccc(ON(O)C3CCC(O)CC3)cc2)cc1. The molecule has 1 fully saturated rings. The van der Waals surface area contributed by atoms with Crippen molar-refractivity contribution < 1.29 is 25.1 Å². The van der Waals surface area contributed by atoms with Crippen LogP contribution in [-0.2, 0) is 0 Å². The molecule has 0 bridgehead atoms. The van der Waals surface area contributed by atoms with Gasteiger partial charge in [0.05, 0.1) is 17.8 Å². The molecule has 0 spiro atoms. The fourth-order valence-corrected chi connectivity index (χ4v) is 2.74. The molecule has 0 saturated heterocycles. The zero-order valence-electron chi connectivity index (χ0n) is 14.0. The maximum atomic E-state index is 11.9. The number of anilines is 1. The van der Waals surface area contributed by atoms with Gasteiger partial charge < -0.3 is 25.1 Å². The third kappa shape index (κ3) is 4.77. The van der Waals surface area contributed by atoms with E-state index in [1.54, 1.807) is 12.1 Å².